The lowest BCUT2D eigenvalue weighted by molar-refractivity contribution is -0.127. The van der Waals surface area contributed by atoms with Gasteiger partial charge >= 0.3 is 5.97 Å². The number of methoxy groups -OCH3 is 1. The Bertz CT molecular complexity index is 1450. The van der Waals surface area contributed by atoms with Crippen LogP contribution in [0, 0.1) is 0 Å². The molecule has 1 N–H and O–H groups in total. The second-order valence-corrected chi connectivity index (χ2v) is 9.36. The van der Waals surface area contributed by atoms with Crippen molar-refractivity contribution in [3.8, 4) is 17.2 Å². The number of halogens is 2. The monoisotopic (exact) mass is 542 g/mol. The summed E-state index contributed by atoms with van der Waals surface area (Å²) < 4.78 is 17.4. The highest BCUT2D eigenvalue weighted by atomic mass is 35.5. The van der Waals surface area contributed by atoms with Crippen molar-refractivity contribution in [2.24, 2.45) is 5.10 Å². The van der Waals surface area contributed by atoms with E-state index in [0.29, 0.717) is 32.0 Å². The van der Waals surface area contributed by atoms with Crippen molar-refractivity contribution in [2.45, 2.75) is 13.0 Å². The number of carbonyl (C=O) groups excluding carboxylic acids is 2. The molecule has 3 aromatic carbocycles. The van der Waals surface area contributed by atoms with Gasteiger partial charge in [0.15, 0.2) is 17.6 Å². The van der Waals surface area contributed by atoms with Crippen molar-refractivity contribution in [1.82, 2.24) is 5.43 Å². The minimum atomic E-state index is -0.794. The van der Waals surface area contributed by atoms with Gasteiger partial charge in [-0.05, 0) is 55.0 Å². The average molecular weight is 543 g/mol. The third-order valence-electron chi connectivity index (χ3n) is 4.98. The third-order valence-corrected chi connectivity index (χ3v) is 6.87. The first-order valence-electron chi connectivity index (χ1n) is 10.7. The predicted molar refractivity (Wildman–Crippen MR) is 142 cm³/mol. The lowest BCUT2D eigenvalue weighted by Gasteiger charge is -2.13. The molecule has 1 aromatic heterocycles. The first kappa shape index (κ1) is 25.5. The minimum Gasteiger partial charge on any atom is -0.493 e. The maximum atomic E-state index is 12.8. The van der Waals surface area contributed by atoms with E-state index in [1.807, 2.05) is 24.3 Å². The van der Waals surface area contributed by atoms with Crippen LogP contribution >= 0.6 is 34.5 Å². The van der Waals surface area contributed by atoms with Crippen molar-refractivity contribution in [3.63, 3.8) is 0 Å². The molecule has 1 heterocycles. The number of hydrogen-bond donors (Lipinski definition) is 1. The lowest BCUT2D eigenvalue weighted by Crippen LogP contribution is -2.33. The van der Waals surface area contributed by atoms with Crippen LogP contribution in [0.2, 0.25) is 10.0 Å². The highest BCUT2D eigenvalue weighted by molar-refractivity contribution is 7.21. The van der Waals surface area contributed by atoms with Crippen LogP contribution in [0.1, 0.15) is 22.2 Å². The Labute approximate surface area is 221 Å². The summed E-state index contributed by atoms with van der Waals surface area (Å²) in [6, 6.07) is 19.1. The van der Waals surface area contributed by atoms with Gasteiger partial charge in [-0.15, -0.1) is 11.3 Å². The lowest BCUT2D eigenvalue weighted by atomic mass is 10.2. The summed E-state index contributed by atoms with van der Waals surface area (Å²) >= 11 is 13.6. The molecular weight excluding hydrogens is 523 g/mol. The molecule has 10 heteroatoms. The van der Waals surface area contributed by atoms with Crippen LogP contribution in [0.3, 0.4) is 0 Å². The maximum Gasteiger partial charge on any atom is 0.355 e. The molecule has 184 valence electrons. The van der Waals surface area contributed by atoms with E-state index in [4.69, 9.17) is 37.4 Å². The number of amides is 1. The Hall–Kier alpha value is -3.59. The van der Waals surface area contributed by atoms with E-state index in [-0.39, 0.29) is 5.75 Å². The number of benzene rings is 3. The van der Waals surface area contributed by atoms with Crippen molar-refractivity contribution in [2.75, 3.05) is 7.11 Å². The number of fused-ring (bicyclic) bond motifs is 1. The first-order chi connectivity index (χ1) is 17.4. The molecule has 0 aliphatic heterocycles. The van der Waals surface area contributed by atoms with Gasteiger partial charge in [0.1, 0.15) is 10.6 Å². The molecular formula is C26H20Cl2N2O5S. The zero-order valence-corrected chi connectivity index (χ0v) is 21.5. The average Bonchev–Trinajstić information content (AvgIpc) is 3.21. The Morgan fingerprint density at radius 2 is 1.83 bits per heavy atom. The number of ether oxygens (including phenoxy) is 3. The molecule has 0 spiro atoms. The van der Waals surface area contributed by atoms with Crippen molar-refractivity contribution in [1.29, 1.82) is 0 Å². The van der Waals surface area contributed by atoms with Gasteiger partial charge in [0.2, 0.25) is 0 Å². The second kappa shape index (κ2) is 11.4. The summed E-state index contributed by atoms with van der Waals surface area (Å²) in [6.07, 6.45) is 0.638. The quantitative estimate of drug-likeness (QED) is 0.121. The zero-order chi connectivity index (χ0) is 25.7. The smallest absolute Gasteiger partial charge is 0.355 e. The molecule has 0 aliphatic carbocycles. The normalized spacial score (nSPS) is 11.9. The van der Waals surface area contributed by atoms with Gasteiger partial charge in [-0.25, -0.2) is 10.2 Å². The van der Waals surface area contributed by atoms with E-state index in [1.165, 1.54) is 24.7 Å². The summed E-state index contributed by atoms with van der Waals surface area (Å²) in [5.74, 6) is -0.0129. The number of thiophene rings is 1. The fourth-order valence-electron chi connectivity index (χ4n) is 3.20. The van der Waals surface area contributed by atoms with E-state index in [1.54, 1.807) is 49.4 Å². The van der Waals surface area contributed by atoms with E-state index >= 15 is 0 Å². The molecule has 0 saturated carbocycles. The van der Waals surface area contributed by atoms with E-state index < -0.39 is 18.0 Å². The maximum absolute atomic E-state index is 12.8. The molecule has 1 atom stereocenters. The van der Waals surface area contributed by atoms with Gasteiger partial charge in [0, 0.05) is 15.1 Å². The zero-order valence-electron chi connectivity index (χ0n) is 19.2. The molecule has 0 bridgehead atoms. The number of hydrogen-bond acceptors (Lipinski definition) is 7. The van der Waals surface area contributed by atoms with Crippen molar-refractivity contribution in [3.05, 3.63) is 87.2 Å². The topological polar surface area (TPSA) is 86.2 Å². The Kier molecular flexibility index (Phi) is 8.10. The van der Waals surface area contributed by atoms with Gasteiger partial charge in [-0.3, -0.25) is 4.79 Å². The number of nitrogens with one attached hydrogen (secondary N) is 1. The molecule has 1 amide bonds. The van der Waals surface area contributed by atoms with Gasteiger partial charge in [-0.2, -0.15) is 5.10 Å². The highest BCUT2D eigenvalue weighted by Crippen LogP contribution is 2.37. The first-order valence-corrected chi connectivity index (χ1v) is 12.3. The van der Waals surface area contributed by atoms with Crippen LogP contribution in [0.15, 0.2) is 71.8 Å². The van der Waals surface area contributed by atoms with Gasteiger partial charge in [0.25, 0.3) is 5.91 Å². The van der Waals surface area contributed by atoms with Crippen LogP contribution in [0.4, 0.5) is 0 Å². The summed E-state index contributed by atoms with van der Waals surface area (Å²) in [6.45, 7) is 1.60. The highest BCUT2D eigenvalue weighted by Gasteiger charge is 2.20. The largest absolute Gasteiger partial charge is 0.493 e. The molecule has 0 fully saturated rings. The Morgan fingerprint density at radius 1 is 1.03 bits per heavy atom. The molecule has 0 unspecified atom stereocenters. The second-order valence-electron chi connectivity index (χ2n) is 7.49. The summed E-state index contributed by atoms with van der Waals surface area (Å²) in [5, 5.41) is 5.62. The molecule has 4 aromatic rings. The van der Waals surface area contributed by atoms with Crippen LogP contribution in [0.25, 0.3) is 10.1 Å². The Balaban J connectivity index is 1.39. The van der Waals surface area contributed by atoms with Gasteiger partial charge in [0.05, 0.1) is 18.3 Å². The van der Waals surface area contributed by atoms with Crippen LogP contribution in [0.5, 0.6) is 17.2 Å². The number of hydrazone groups is 1. The predicted octanol–water partition coefficient (Wildman–Crippen LogP) is 6.35. The van der Waals surface area contributed by atoms with Crippen molar-refractivity contribution >= 4 is 62.7 Å². The SMILES string of the molecule is COc1cc(/C=N\NC(=O)[C@@H](C)Oc2cccc(Cl)c2)ccc1OC(=O)c1sc2ccccc2c1Cl. The molecule has 0 radical (unpaired) electrons. The van der Waals surface area contributed by atoms with Gasteiger partial charge in [-0.1, -0.05) is 47.5 Å². The molecule has 4 rings (SSSR count). The molecule has 7 nitrogen and oxygen atoms in total. The fourth-order valence-corrected chi connectivity index (χ4v) is 4.76. The molecule has 0 aliphatic rings. The Morgan fingerprint density at radius 3 is 2.58 bits per heavy atom. The summed E-state index contributed by atoms with van der Waals surface area (Å²) in [7, 11) is 1.46. The van der Waals surface area contributed by atoms with E-state index in [2.05, 4.69) is 10.5 Å². The minimum absolute atomic E-state index is 0.223. The standard InChI is InChI=1S/C26H20Cl2N2O5S/c1-15(34-18-7-5-6-17(27)13-18)25(31)30-29-14-16-10-11-20(21(12-16)33-2)35-26(32)24-23(28)19-8-3-4-9-22(19)36-24/h3-15H,1-2H3,(H,30,31)/b29-14-/t15-/m1/s1. The van der Waals surface area contributed by atoms with Crippen molar-refractivity contribution < 1.29 is 23.8 Å². The number of esters is 1. The number of carbonyl (C=O) groups is 2. The summed E-state index contributed by atoms with van der Waals surface area (Å²) in [5.41, 5.74) is 3.03. The molecule has 36 heavy (non-hydrogen) atoms. The number of nitrogens with zero attached hydrogens (tertiary/aromatic N) is 1. The van der Waals surface area contributed by atoms with E-state index in [0.717, 1.165) is 10.1 Å². The van der Waals surface area contributed by atoms with Crippen LogP contribution in [-0.4, -0.2) is 31.3 Å². The number of rotatable bonds is 8. The molecule has 0 saturated heterocycles. The summed E-state index contributed by atoms with van der Waals surface area (Å²) in [4.78, 5) is 25.4. The third kappa shape index (κ3) is 5.96. The van der Waals surface area contributed by atoms with E-state index in [9.17, 15) is 9.59 Å². The van der Waals surface area contributed by atoms with Crippen LogP contribution < -0.4 is 19.6 Å². The van der Waals surface area contributed by atoms with Crippen LogP contribution in [-0.2, 0) is 4.79 Å². The fraction of sp³-hybridized carbons (Fsp3) is 0.115. The van der Waals surface area contributed by atoms with Gasteiger partial charge < -0.3 is 14.2 Å².